The lowest BCUT2D eigenvalue weighted by Crippen LogP contribution is -2.47. The molecule has 0 aliphatic carbocycles. The number of carbonyl (C=O) groups excluding carboxylic acids is 1. The van der Waals surface area contributed by atoms with Crippen LogP contribution >= 0.6 is 0 Å². The molecule has 0 unspecified atom stereocenters. The third-order valence-corrected chi connectivity index (χ3v) is 4.27. The Morgan fingerprint density at radius 2 is 1.68 bits per heavy atom. The van der Waals surface area contributed by atoms with E-state index in [1.54, 1.807) is 4.90 Å². The van der Waals surface area contributed by atoms with Crippen molar-refractivity contribution in [3.63, 3.8) is 0 Å². The Kier molecular flexibility index (Phi) is 3.83. The van der Waals surface area contributed by atoms with Crippen molar-refractivity contribution >= 4 is 6.03 Å². The number of benzene rings is 1. The number of carbonyl (C=O) groups is 1. The zero-order valence-corrected chi connectivity index (χ0v) is 12.4. The van der Waals surface area contributed by atoms with E-state index >= 15 is 0 Å². The van der Waals surface area contributed by atoms with E-state index in [-0.39, 0.29) is 11.4 Å². The highest BCUT2D eigenvalue weighted by molar-refractivity contribution is 5.73. The van der Waals surface area contributed by atoms with Crippen LogP contribution in [0.3, 0.4) is 0 Å². The van der Waals surface area contributed by atoms with Crippen molar-refractivity contribution in [2.45, 2.75) is 32.1 Å². The Bertz CT molecular complexity index is 442. The SMILES string of the molecule is Cc1ccc(C2(C)CCN(C(=O)N(C)C)CC2)cc1. The van der Waals surface area contributed by atoms with E-state index in [0.717, 1.165) is 25.9 Å². The molecule has 19 heavy (non-hydrogen) atoms. The molecule has 104 valence electrons. The lowest BCUT2D eigenvalue weighted by atomic mass is 9.74. The summed E-state index contributed by atoms with van der Waals surface area (Å²) in [5.74, 6) is 0. The van der Waals surface area contributed by atoms with Crippen LogP contribution < -0.4 is 0 Å². The number of amides is 2. The summed E-state index contributed by atoms with van der Waals surface area (Å²) < 4.78 is 0. The number of likely N-dealkylation sites (tertiary alicyclic amines) is 1. The Balaban J connectivity index is 2.06. The fraction of sp³-hybridized carbons (Fsp3) is 0.562. The van der Waals surface area contributed by atoms with Gasteiger partial charge < -0.3 is 9.80 Å². The molecule has 0 atom stereocenters. The van der Waals surface area contributed by atoms with Gasteiger partial charge in [0.2, 0.25) is 0 Å². The molecule has 1 fully saturated rings. The van der Waals surface area contributed by atoms with Gasteiger partial charge in [-0.2, -0.15) is 0 Å². The second kappa shape index (κ2) is 5.24. The summed E-state index contributed by atoms with van der Waals surface area (Å²) in [5, 5.41) is 0. The average Bonchev–Trinajstić information content (AvgIpc) is 2.39. The van der Waals surface area contributed by atoms with Gasteiger partial charge in [-0.15, -0.1) is 0 Å². The summed E-state index contributed by atoms with van der Waals surface area (Å²) in [5.41, 5.74) is 2.90. The van der Waals surface area contributed by atoms with E-state index in [0.29, 0.717) is 0 Å². The van der Waals surface area contributed by atoms with E-state index in [1.165, 1.54) is 11.1 Å². The molecule has 1 aliphatic rings. The number of hydrogen-bond acceptors (Lipinski definition) is 1. The van der Waals surface area contributed by atoms with E-state index in [2.05, 4.69) is 38.1 Å². The molecule has 1 saturated heterocycles. The van der Waals surface area contributed by atoms with Crippen LogP contribution in [0.5, 0.6) is 0 Å². The largest absolute Gasteiger partial charge is 0.331 e. The van der Waals surface area contributed by atoms with E-state index in [1.807, 2.05) is 19.0 Å². The van der Waals surface area contributed by atoms with Gasteiger partial charge >= 0.3 is 6.03 Å². The van der Waals surface area contributed by atoms with E-state index in [9.17, 15) is 4.79 Å². The molecule has 2 rings (SSSR count). The predicted molar refractivity (Wildman–Crippen MR) is 78.4 cm³/mol. The van der Waals surface area contributed by atoms with Crippen LogP contribution in [0.4, 0.5) is 4.79 Å². The van der Waals surface area contributed by atoms with Crippen LogP contribution in [0.25, 0.3) is 0 Å². The second-order valence-corrected chi connectivity index (χ2v) is 6.09. The van der Waals surface area contributed by atoms with Crippen molar-refractivity contribution in [1.82, 2.24) is 9.80 Å². The first-order chi connectivity index (χ1) is 8.92. The van der Waals surface area contributed by atoms with Gasteiger partial charge in [-0.1, -0.05) is 36.8 Å². The molecule has 3 heteroatoms. The van der Waals surface area contributed by atoms with Crippen molar-refractivity contribution < 1.29 is 4.79 Å². The molecule has 1 aliphatic heterocycles. The minimum atomic E-state index is 0.131. The molecule has 0 spiro atoms. The van der Waals surface area contributed by atoms with Gasteiger partial charge in [0.1, 0.15) is 0 Å². The summed E-state index contributed by atoms with van der Waals surface area (Å²) in [6.07, 6.45) is 2.07. The molecule has 1 aromatic carbocycles. The van der Waals surface area contributed by atoms with Crippen molar-refractivity contribution in [3.8, 4) is 0 Å². The third-order valence-electron chi connectivity index (χ3n) is 4.27. The van der Waals surface area contributed by atoms with Gasteiger partial charge in [-0.25, -0.2) is 4.79 Å². The Hall–Kier alpha value is -1.51. The van der Waals surface area contributed by atoms with Gasteiger partial charge in [0.25, 0.3) is 0 Å². The van der Waals surface area contributed by atoms with Crippen LogP contribution in [0, 0.1) is 6.92 Å². The van der Waals surface area contributed by atoms with Gasteiger partial charge in [0.05, 0.1) is 0 Å². The molecule has 3 nitrogen and oxygen atoms in total. The fourth-order valence-corrected chi connectivity index (χ4v) is 2.72. The molecule has 1 heterocycles. The Morgan fingerprint density at radius 3 is 2.16 bits per heavy atom. The van der Waals surface area contributed by atoms with Gasteiger partial charge in [-0.05, 0) is 30.7 Å². The molecule has 0 saturated carbocycles. The van der Waals surface area contributed by atoms with Crippen LogP contribution in [-0.2, 0) is 5.41 Å². The molecule has 0 N–H and O–H groups in total. The van der Waals surface area contributed by atoms with Crippen LogP contribution in [-0.4, -0.2) is 43.0 Å². The zero-order valence-electron chi connectivity index (χ0n) is 12.4. The molecule has 1 aromatic rings. The lowest BCUT2D eigenvalue weighted by Gasteiger charge is -2.40. The minimum Gasteiger partial charge on any atom is -0.331 e. The fourth-order valence-electron chi connectivity index (χ4n) is 2.72. The molecule has 2 amide bonds. The molecule has 0 bridgehead atoms. The molecule has 0 aromatic heterocycles. The highest BCUT2D eigenvalue weighted by Gasteiger charge is 2.33. The molecule has 0 radical (unpaired) electrons. The maximum Gasteiger partial charge on any atom is 0.319 e. The number of piperidine rings is 1. The molecular weight excluding hydrogens is 236 g/mol. The summed E-state index contributed by atoms with van der Waals surface area (Å²) in [4.78, 5) is 15.6. The average molecular weight is 260 g/mol. The monoisotopic (exact) mass is 260 g/mol. The van der Waals surface area contributed by atoms with E-state index in [4.69, 9.17) is 0 Å². The maximum atomic E-state index is 11.9. The number of nitrogens with zero attached hydrogens (tertiary/aromatic N) is 2. The van der Waals surface area contributed by atoms with Crippen molar-refractivity contribution in [1.29, 1.82) is 0 Å². The van der Waals surface area contributed by atoms with Crippen LogP contribution in [0.15, 0.2) is 24.3 Å². The number of urea groups is 1. The summed E-state index contributed by atoms with van der Waals surface area (Å²) in [6.45, 7) is 6.13. The number of aryl methyl sites for hydroxylation is 1. The second-order valence-electron chi connectivity index (χ2n) is 6.09. The molecular formula is C16H24N2O. The maximum absolute atomic E-state index is 11.9. The standard InChI is InChI=1S/C16H24N2O/c1-13-5-7-14(8-6-13)16(2)9-11-18(12-10-16)15(19)17(3)4/h5-8H,9-12H2,1-4H3. The topological polar surface area (TPSA) is 23.6 Å². The third kappa shape index (κ3) is 2.91. The van der Waals surface area contributed by atoms with Gasteiger partial charge in [-0.3, -0.25) is 0 Å². The van der Waals surface area contributed by atoms with Gasteiger partial charge in [0.15, 0.2) is 0 Å². The summed E-state index contributed by atoms with van der Waals surface area (Å²) in [7, 11) is 3.63. The first-order valence-corrected chi connectivity index (χ1v) is 6.96. The lowest BCUT2D eigenvalue weighted by molar-refractivity contribution is 0.141. The highest BCUT2D eigenvalue weighted by Crippen LogP contribution is 2.35. The summed E-state index contributed by atoms with van der Waals surface area (Å²) in [6, 6.07) is 8.96. The Labute approximate surface area is 116 Å². The van der Waals surface area contributed by atoms with E-state index < -0.39 is 0 Å². The van der Waals surface area contributed by atoms with Crippen molar-refractivity contribution in [3.05, 3.63) is 35.4 Å². The normalized spacial score (nSPS) is 18.2. The Morgan fingerprint density at radius 1 is 1.16 bits per heavy atom. The van der Waals surface area contributed by atoms with Crippen molar-refractivity contribution in [2.75, 3.05) is 27.2 Å². The first kappa shape index (κ1) is 13.9. The number of rotatable bonds is 1. The zero-order chi connectivity index (χ0) is 14.0. The van der Waals surface area contributed by atoms with Crippen LogP contribution in [0.1, 0.15) is 30.9 Å². The summed E-state index contributed by atoms with van der Waals surface area (Å²) >= 11 is 0. The quantitative estimate of drug-likeness (QED) is 0.761. The highest BCUT2D eigenvalue weighted by atomic mass is 16.2. The van der Waals surface area contributed by atoms with Crippen LogP contribution in [0.2, 0.25) is 0 Å². The number of hydrogen-bond donors (Lipinski definition) is 0. The predicted octanol–water partition coefficient (Wildman–Crippen LogP) is 3.03. The van der Waals surface area contributed by atoms with Crippen molar-refractivity contribution in [2.24, 2.45) is 0 Å². The minimum absolute atomic E-state index is 0.131. The van der Waals surface area contributed by atoms with Gasteiger partial charge in [0, 0.05) is 27.2 Å². The smallest absolute Gasteiger partial charge is 0.319 e. The first-order valence-electron chi connectivity index (χ1n) is 6.96.